The molecule has 0 saturated carbocycles. The highest BCUT2D eigenvalue weighted by Crippen LogP contribution is 2.19. The molecule has 3 heterocycles. The van der Waals surface area contributed by atoms with E-state index in [0.29, 0.717) is 40.2 Å². The van der Waals surface area contributed by atoms with Gasteiger partial charge in [-0.1, -0.05) is 18.2 Å². The number of halogens is 1. The van der Waals surface area contributed by atoms with Crippen LogP contribution in [0.1, 0.15) is 31.5 Å². The number of rotatable bonds is 5. The average molecular weight is 392 g/mol. The zero-order valence-corrected chi connectivity index (χ0v) is 15.8. The third-order valence-corrected chi connectivity index (χ3v) is 4.36. The first kappa shape index (κ1) is 18.5. The van der Waals surface area contributed by atoms with Crippen LogP contribution >= 0.6 is 0 Å². The number of amides is 1. The van der Waals surface area contributed by atoms with E-state index in [9.17, 15) is 9.18 Å². The van der Waals surface area contributed by atoms with Gasteiger partial charge >= 0.3 is 0 Å². The van der Waals surface area contributed by atoms with Crippen molar-refractivity contribution in [3.63, 3.8) is 0 Å². The number of hydrogen-bond donors (Lipinski definition) is 1. The Bertz CT molecular complexity index is 1250. The quantitative estimate of drug-likeness (QED) is 0.412. The Balaban J connectivity index is 1.68. The van der Waals surface area contributed by atoms with Crippen LogP contribution in [0.5, 0.6) is 0 Å². The molecule has 0 unspecified atom stereocenters. The first-order chi connectivity index (χ1) is 14.0. The number of benzene rings is 1. The maximum atomic E-state index is 14.5. The lowest BCUT2D eigenvalue weighted by atomic mass is 10.1. The minimum absolute atomic E-state index is 0.133. The van der Waals surface area contributed by atoms with Crippen molar-refractivity contribution >= 4 is 33.8 Å². The highest BCUT2D eigenvalue weighted by molar-refractivity contribution is 5.98. The molecule has 0 aliphatic carbocycles. The Labute approximate surface area is 164 Å². The Hall–Kier alpha value is -3.82. The molecule has 1 aromatic carbocycles. The van der Waals surface area contributed by atoms with E-state index in [1.54, 1.807) is 32.2 Å². The van der Waals surface area contributed by atoms with Crippen molar-refractivity contribution in [1.82, 2.24) is 35.4 Å². The third-order valence-electron chi connectivity index (χ3n) is 4.36. The van der Waals surface area contributed by atoms with Gasteiger partial charge in [-0.05, 0) is 19.1 Å². The summed E-state index contributed by atoms with van der Waals surface area (Å²) < 4.78 is 16.0. The molecule has 146 valence electrons. The standard InChI is InChI=1S/C19H17FN8O/c1-3-17(29)25-24-11(2)16-9-22-18-19(23-16)28(27-26-18)10-13-7-12-5-4-6-21-15(12)8-14(13)20/h4-9H,3,10H2,1-2H3,(H,25,29)/b24-11-. The number of hydrazone groups is 1. The first-order valence-corrected chi connectivity index (χ1v) is 8.98. The van der Waals surface area contributed by atoms with Crippen LogP contribution < -0.4 is 5.43 Å². The van der Waals surface area contributed by atoms with E-state index in [2.05, 4.69) is 35.8 Å². The van der Waals surface area contributed by atoms with E-state index in [-0.39, 0.29) is 18.3 Å². The Kier molecular flexibility index (Phi) is 4.90. The van der Waals surface area contributed by atoms with Crippen molar-refractivity contribution in [2.24, 2.45) is 5.10 Å². The Morgan fingerprint density at radius 1 is 1.31 bits per heavy atom. The van der Waals surface area contributed by atoms with Gasteiger partial charge < -0.3 is 0 Å². The molecule has 1 N–H and O–H groups in total. The van der Waals surface area contributed by atoms with Crippen LogP contribution in [0, 0.1) is 5.82 Å². The van der Waals surface area contributed by atoms with Crippen molar-refractivity contribution < 1.29 is 9.18 Å². The fourth-order valence-electron chi connectivity index (χ4n) is 2.74. The van der Waals surface area contributed by atoms with Gasteiger partial charge in [0.25, 0.3) is 0 Å². The van der Waals surface area contributed by atoms with E-state index in [4.69, 9.17) is 0 Å². The minimum atomic E-state index is -0.385. The number of hydrogen-bond acceptors (Lipinski definition) is 7. The molecular formula is C19H17FN8O. The van der Waals surface area contributed by atoms with Crippen LogP contribution in [0.2, 0.25) is 0 Å². The van der Waals surface area contributed by atoms with Crippen LogP contribution in [0.4, 0.5) is 4.39 Å². The average Bonchev–Trinajstić information content (AvgIpc) is 3.14. The second-order valence-corrected chi connectivity index (χ2v) is 6.38. The molecule has 0 fully saturated rings. The molecule has 9 nitrogen and oxygen atoms in total. The highest BCUT2D eigenvalue weighted by atomic mass is 19.1. The number of nitrogens with one attached hydrogen (secondary N) is 1. The molecule has 0 bridgehead atoms. The molecule has 0 atom stereocenters. The van der Waals surface area contributed by atoms with Crippen molar-refractivity contribution in [2.75, 3.05) is 0 Å². The van der Waals surface area contributed by atoms with Crippen LogP contribution in [-0.2, 0) is 11.3 Å². The van der Waals surface area contributed by atoms with Gasteiger partial charge in [-0.25, -0.2) is 24.5 Å². The largest absolute Gasteiger partial charge is 0.273 e. The second-order valence-electron chi connectivity index (χ2n) is 6.38. The zero-order valence-electron chi connectivity index (χ0n) is 15.8. The summed E-state index contributed by atoms with van der Waals surface area (Å²) in [7, 11) is 0. The predicted molar refractivity (Wildman–Crippen MR) is 105 cm³/mol. The fraction of sp³-hybridized carbons (Fsp3) is 0.211. The van der Waals surface area contributed by atoms with E-state index >= 15 is 0 Å². The molecule has 0 aliphatic rings. The summed E-state index contributed by atoms with van der Waals surface area (Å²) in [5.41, 5.74) is 5.13. The normalized spacial score (nSPS) is 11.9. The SMILES string of the molecule is CCC(=O)N/N=C(/C)c1cnc2nnn(Cc3cc4cccnc4cc3F)c2n1. The summed E-state index contributed by atoms with van der Waals surface area (Å²) in [6.45, 7) is 3.57. The van der Waals surface area contributed by atoms with Gasteiger partial charge in [-0.15, -0.1) is 5.10 Å². The number of pyridine rings is 1. The van der Waals surface area contributed by atoms with Gasteiger partial charge in [-0.2, -0.15) is 5.10 Å². The van der Waals surface area contributed by atoms with Gasteiger partial charge in [0.05, 0.1) is 24.0 Å². The molecule has 0 spiro atoms. The topological polar surface area (TPSA) is 111 Å². The van der Waals surface area contributed by atoms with Gasteiger partial charge in [-0.3, -0.25) is 9.78 Å². The van der Waals surface area contributed by atoms with Gasteiger partial charge in [0, 0.05) is 29.6 Å². The summed E-state index contributed by atoms with van der Waals surface area (Å²) >= 11 is 0. The summed E-state index contributed by atoms with van der Waals surface area (Å²) in [6, 6.07) is 6.79. The fourth-order valence-corrected chi connectivity index (χ4v) is 2.74. The molecule has 0 radical (unpaired) electrons. The van der Waals surface area contributed by atoms with Gasteiger partial charge in [0.15, 0.2) is 5.65 Å². The molecular weight excluding hydrogens is 375 g/mol. The zero-order chi connectivity index (χ0) is 20.4. The smallest absolute Gasteiger partial charge is 0.239 e. The summed E-state index contributed by atoms with van der Waals surface area (Å²) in [6.07, 6.45) is 3.45. The van der Waals surface area contributed by atoms with Crippen molar-refractivity contribution in [3.8, 4) is 0 Å². The van der Waals surface area contributed by atoms with Crippen molar-refractivity contribution in [3.05, 3.63) is 53.7 Å². The Morgan fingerprint density at radius 3 is 3.00 bits per heavy atom. The number of aromatic nitrogens is 6. The predicted octanol–water partition coefficient (Wildman–Crippen LogP) is 2.21. The van der Waals surface area contributed by atoms with Crippen molar-refractivity contribution in [1.29, 1.82) is 0 Å². The first-order valence-electron chi connectivity index (χ1n) is 8.98. The molecule has 29 heavy (non-hydrogen) atoms. The molecule has 0 saturated heterocycles. The van der Waals surface area contributed by atoms with E-state index in [0.717, 1.165) is 5.39 Å². The maximum absolute atomic E-state index is 14.5. The second kappa shape index (κ2) is 7.66. The molecule has 10 heteroatoms. The molecule has 4 rings (SSSR count). The Morgan fingerprint density at radius 2 is 2.17 bits per heavy atom. The number of nitrogens with zero attached hydrogens (tertiary/aromatic N) is 7. The number of fused-ring (bicyclic) bond motifs is 2. The molecule has 1 amide bonds. The summed E-state index contributed by atoms with van der Waals surface area (Å²) in [4.78, 5) is 24.3. The highest BCUT2D eigenvalue weighted by Gasteiger charge is 2.13. The number of carbonyl (C=O) groups is 1. The number of carbonyl (C=O) groups excluding carboxylic acids is 1. The lowest BCUT2D eigenvalue weighted by molar-refractivity contribution is -0.120. The third kappa shape index (κ3) is 3.77. The van der Waals surface area contributed by atoms with E-state index in [1.165, 1.54) is 16.9 Å². The summed E-state index contributed by atoms with van der Waals surface area (Å²) in [5.74, 6) is -0.588. The molecule has 0 aliphatic heterocycles. The van der Waals surface area contributed by atoms with Gasteiger partial charge in [0.2, 0.25) is 11.6 Å². The minimum Gasteiger partial charge on any atom is -0.273 e. The lowest BCUT2D eigenvalue weighted by Gasteiger charge is -2.06. The van der Waals surface area contributed by atoms with Crippen LogP contribution in [0.15, 0.2) is 41.8 Å². The van der Waals surface area contributed by atoms with Crippen LogP contribution in [0.3, 0.4) is 0 Å². The lowest BCUT2D eigenvalue weighted by Crippen LogP contribution is -2.18. The monoisotopic (exact) mass is 392 g/mol. The van der Waals surface area contributed by atoms with Gasteiger partial charge in [0.1, 0.15) is 11.5 Å². The van der Waals surface area contributed by atoms with Crippen LogP contribution in [0.25, 0.3) is 22.2 Å². The maximum Gasteiger partial charge on any atom is 0.239 e. The molecule has 3 aromatic heterocycles. The molecule has 4 aromatic rings. The van der Waals surface area contributed by atoms with Crippen molar-refractivity contribution in [2.45, 2.75) is 26.8 Å². The van der Waals surface area contributed by atoms with E-state index in [1.807, 2.05) is 6.07 Å². The summed E-state index contributed by atoms with van der Waals surface area (Å²) in [5, 5.41) is 12.9. The van der Waals surface area contributed by atoms with E-state index < -0.39 is 0 Å². The van der Waals surface area contributed by atoms with Crippen LogP contribution in [-0.4, -0.2) is 41.6 Å².